The summed E-state index contributed by atoms with van der Waals surface area (Å²) in [6.45, 7) is 0.271. The van der Waals surface area contributed by atoms with Crippen molar-refractivity contribution in [2.45, 2.75) is 37.6 Å². The fourth-order valence-electron chi connectivity index (χ4n) is 2.09. The first-order chi connectivity index (χ1) is 7.72. The summed E-state index contributed by atoms with van der Waals surface area (Å²) in [5.74, 6) is -0.194. The summed E-state index contributed by atoms with van der Waals surface area (Å²) in [5, 5.41) is 23.3. The Balaban J connectivity index is 2.33. The van der Waals surface area contributed by atoms with E-state index in [1.807, 2.05) is 6.07 Å². The zero-order valence-corrected chi connectivity index (χ0v) is 9.46. The fraction of sp³-hybridized carbons (Fsp3) is 0.818. The Morgan fingerprint density at radius 2 is 2.06 bits per heavy atom. The van der Waals surface area contributed by atoms with Crippen molar-refractivity contribution in [1.29, 1.82) is 5.26 Å². The van der Waals surface area contributed by atoms with Crippen LogP contribution >= 0.6 is 0 Å². The van der Waals surface area contributed by atoms with Crippen LogP contribution in [0.1, 0.15) is 32.1 Å². The highest BCUT2D eigenvalue weighted by Crippen LogP contribution is 2.27. The van der Waals surface area contributed by atoms with Gasteiger partial charge in [-0.25, -0.2) is 0 Å². The lowest BCUT2D eigenvalue weighted by molar-refractivity contribution is -0.120. The first kappa shape index (κ1) is 12.9. The minimum absolute atomic E-state index is 0.0344. The molecule has 1 fully saturated rings. The average molecular weight is 225 g/mol. The lowest BCUT2D eigenvalue weighted by atomic mass is 9.82. The van der Waals surface area contributed by atoms with Gasteiger partial charge in [-0.3, -0.25) is 4.79 Å². The average Bonchev–Trinajstić information content (AvgIpc) is 2.35. The molecule has 16 heavy (non-hydrogen) atoms. The molecule has 5 heteroatoms. The molecule has 5 nitrogen and oxygen atoms in total. The molecule has 1 saturated carbocycles. The van der Waals surface area contributed by atoms with E-state index in [4.69, 9.17) is 5.26 Å². The summed E-state index contributed by atoms with van der Waals surface area (Å²) in [4.78, 5) is 11.3. The SMILES string of the molecule is N#CCNC(=O)CNC1(CO)CCCCC1. The van der Waals surface area contributed by atoms with Crippen LogP contribution in [0.3, 0.4) is 0 Å². The first-order valence-corrected chi connectivity index (χ1v) is 5.72. The van der Waals surface area contributed by atoms with Crippen molar-refractivity contribution in [3.63, 3.8) is 0 Å². The quantitative estimate of drug-likeness (QED) is 0.571. The Bertz CT molecular complexity index is 267. The first-order valence-electron chi connectivity index (χ1n) is 5.72. The van der Waals surface area contributed by atoms with Crippen LogP contribution in [0.5, 0.6) is 0 Å². The zero-order chi connectivity index (χ0) is 11.9. The standard InChI is InChI=1S/C11H19N3O2/c12-6-7-13-10(16)8-14-11(9-15)4-2-1-3-5-11/h14-15H,1-5,7-9H2,(H,13,16). The minimum atomic E-state index is -0.289. The molecular formula is C11H19N3O2. The van der Waals surface area contributed by atoms with Crippen LogP contribution in [0.2, 0.25) is 0 Å². The van der Waals surface area contributed by atoms with Crippen molar-refractivity contribution in [1.82, 2.24) is 10.6 Å². The van der Waals surface area contributed by atoms with Gasteiger partial charge in [-0.2, -0.15) is 5.26 Å². The molecule has 0 aliphatic heterocycles. The zero-order valence-electron chi connectivity index (χ0n) is 9.46. The number of nitriles is 1. The summed E-state index contributed by atoms with van der Waals surface area (Å²) in [6, 6.07) is 1.85. The van der Waals surface area contributed by atoms with Gasteiger partial charge in [0.2, 0.25) is 5.91 Å². The van der Waals surface area contributed by atoms with Gasteiger partial charge in [-0.15, -0.1) is 0 Å². The van der Waals surface area contributed by atoms with E-state index in [1.165, 1.54) is 6.42 Å². The summed E-state index contributed by atoms with van der Waals surface area (Å²) in [7, 11) is 0. The van der Waals surface area contributed by atoms with Crippen molar-refractivity contribution in [2.24, 2.45) is 0 Å². The maximum atomic E-state index is 11.3. The number of hydrogen-bond donors (Lipinski definition) is 3. The number of aliphatic hydroxyl groups is 1. The molecule has 1 amide bonds. The number of hydrogen-bond acceptors (Lipinski definition) is 4. The molecule has 1 rings (SSSR count). The summed E-state index contributed by atoms with van der Waals surface area (Å²) in [6.07, 6.45) is 5.20. The Labute approximate surface area is 95.8 Å². The van der Waals surface area contributed by atoms with E-state index < -0.39 is 0 Å². The number of aliphatic hydroxyl groups excluding tert-OH is 1. The molecule has 0 aromatic rings. The van der Waals surface area contributed by atoms with Crippen molar-refractivity contribution in [3.05, 3.63) is 0 Å². The van der Waals surface area contributed by atoms with Gasteiger partial charge in [0.05, 0.1) is 19.2 Å². The van der Waals surface area contributed by atoms with Gasteiger partial charge >= 0.3 is 0 Å². The van der Waals surface area contributed by atoms with Crippen LogP contribution < -0.4 is 10.6 Å². The molecule has 0 heterocycles. The van der Waals surface area contributed by atoms with Gasteiger partial charge in [0.1, 0.15) is 6.54 Å². The van der Waals surface area contributed by atoms with Crippen molar-refractivity contribution in [2.75, 3.05) is 19.7 Å². The normalized spacial score (nSPS) is 18.8. The van der Waals surface area contributed by atoms with E-state index in [0.717, 1.165) is 25.7 Å². The maximum Gasteiger partial charge on any atom is 0.234 e. The second kappa shape index (κ2) is 6.46. The number of nitrogens with zero attached hydrogens (tertiary/aromatic N) is 1. The third-order valence-electron chi connectivity index (χ3n) is 3.10. The van der Waals surface area contributed by atoms with Crippen molar-refractivity contribution in [3.8, 4) is 6.07 Å². The Morgan fingerprint density at radius 1 is 1.38 bits per heavy atom. The third-order valence-corrected chi connectivity index (χ3v) is 3.10. The molecule has 0 aromatic heterocycles. The van der Waals surface area contributed by atoms with Crippen LogP contribution in [0, 0.1) is 11.3 Å². The Morgan fingerprint density at radius 3 is 2.62 bits per heavy atom. The van der Waals surface area contributed by atoms with Crippen LogP contribution in [0.25, 0.3) is 0 Å². The highest BCUT2D eigenvalue weighted by atomic mass is 16.3. The number of nitrogens with one attached hydrogen (secondary N) is 2. The Hall–Kier alpha value is -1.12. The Kier molecular flexibility index (Phi) is 5.23. The van der Waals surface area contributed by atoms with Crippen molar-refractivity contribution < 1.29 is 9.90 Å². The molecule has 0 aromatic carbocycles. The lowest BCUT2D eigenvalue weighted by Gasteiger charge is -2.36. The van der Waals surface area contributed by atoms with Gasteiger partial charge < -0.3 is 15.7 Å². The molecule has 0 atom stereocenters. The molecule has 0 spiro atoms. The molecule has 0 bridgehead atoms. The highest BCUT2D eigenvalue weighted by molar-refractivity contribution is 5.78. The van der Waals surface area contributed by atoms with Gasteiger partial charge in [0.25, 0.3) is 0 Å². The van der Waals surface area contributed by atoms with Gasteiger partial charge in [-0.1, -0.05) is 19.3 Å². The molecule has 1 aliphatic carbocycles. The number of rotatable bonds is 5. The van der Waals surface area contributed by atoms with E-state index in [2.05, 4.69) is 10.6 Å². The molecular weight excluding hydrogens is 206 g/mol. The van der Waals surface area contributed by atoms with E-state index in [0.29, 0.717) is 0 Å². The largest absolute Gasteiger partial charge is 0.394 e. The van der Waals surface area contributed by atoms with Gasteiger partial charge in [-0.05, 0) is 12.8 Å². The minimum Gasteiger partial charge on any atom is -0.394 e. The lowest BCUT2D eigenvalue weighted by Crippen LogP contribution is -2.53. The number of amides is 1. The summed E-state index contributed by atoms with van der Waals surface area (Å²) >= 11 is 0. The fourth-order valence-corrected chi connectivity index (χ4v) is 2.09. The highest BCUT2D eigenvalue weighted by Gasteiger charge is 2.30. The number of carbonyl (C=O) groups is 1. The molecule has 1 aliphatic rings. The second-order valence-electron chi connectivity index (χ2n) is 4.29. The van der Waals surface area contributed by atoms with Crippen LogP contribution in [0.4, 0.5) is 0 Å². The van der Waals surface area contributed by atoms with E-state index in [9.17, 15) is 9.90 Å². The third kappa shape index (κ3) is 3.80. The smallest absolute Gasteiger partial charge is 0.234 e. The van der Waals surface area contributed by atoms with Gasteiger partial charge in [0, 0.05) is 5.54 Å². The van der Waals surface area contributed by atoms with E-state index >= 15 is 0 Å². The summed E-state index contributed by atoms with van der Waals surface area (Å²) in [5.41, 5.74) is -0.289. The van der Waals surface area contributed by atoms with Gasteiger partial charge in [0.15, 0.2) is 0 Å². The maximum absolute atomic E-state index is 11.3. The van der Waals surface area contributed by atoms with Crippen molar-refractivity contribution >= 4 is 5.91 Å². The summed E-state index contributed by atoms with van der Waals surface area (Å²) < 4.78 is 0. The van der Waals surface area contributed by atoms with E-state index in [-0.39, 0.29) is 31.1 Å². The van der Waals surface area contributed by atoms with E-state index in [1.54, 1.807) is 0 Å². The van der Waals surface area contributed by atoms with Crippen LogP contribution in [-0.4, -0.2) is 36.2 Å². The predicted molar refractivity (Wildman–Crippen MR) is 59.5 cm³/mol. The molecule has 0 radical (unpaired) electrons. The molecule has 0 saturated heterocycles. The van der Waals surface area contributed by atoms with Crippen LogP contribution in [-0.2, 0) is 4.79 Å². The number of carbonyl (C=O) groups excluding carboxylic acids is 1. The topological polar surface area (TPSA) is 85.2 Å². The predicted octanol–water partition coefficient (Wildman–Crippen LogP) is -0.0890. The molecule has 90 valence electrons. The van der Waals surface area contributed by atoms with Crippen LogP contribution in [0.15, 0.2) is 0 Å². The molecule has 3 N–H and O–H groups in total. The second-order valence-corrected chi connectivity index (χ2v) is 4.29. The molecule has 0 unspecified atom stereocenters. The monoisotopic (exact) mass is 225 g/mol.